The summed E-state index contributed by atoms with van der Waals surface area (Å²) in [5.41, 5.74) is 22.7. The van der Waals surface area contributed by atoms with Crippen molar-refractivity contribution in [3.05, 3.63) is 163 Å². The molecule has 0 aromatic heterocycles. The first-order valence-corrected chi connectivity index (χ1v) is 13.3. The van der Waals surface area contributed by atoms with Crippen molar-refractivity contribution in [2.75, 3.05) is 0 Å². The maximum absolute atomic E-state index is 2.67. The molecule has 0 aromatic carbocycles. The number of rotatable bonds is 0. The normalized spacial score (nSPS) is 59.2. The van der Waals surface area contributed by atoms with Crippen molar-refractivity contribution < 1.29 is 0 Å². The lowest BCUT2D eigenvalue weighted by Gasteiger charge is -2.57. The summed E-state index contributed by atoms with van der Waals surface area (Å²) >= 11 is 0. The molecule has 0 bridgehead atoms. The van der Waals surface area contributed by atoms with E-state index in [4.69, 9.17) is 0 Å². The van der Waals surface area contributed by atoms with Crippen molar-refractivity contribution in [3.8, 4) is 0 Å². The summed E-state index contributed by atoms with van der Waals surface area (Å²) in [4.78, 5) is 0. The predicted octanol–water partition coefficient (Wildman–Crippen LogP) is 6.06. The molecule has 154 valence electrons. The number of allylic oxidation sites excluding steroid dienone is 28. The Labute approximate surface area is 200 Å². The van der Waals surface area contributed by atoms with E-state index in [2.05, 4.69) is 85.1 Å². The molecule has 0 aliphatic heterocycles. The van der Waals surface area contributed by atoms with Gasteiger partial charge in [-0.1, -0.05) is 85.1 Å². The molecule has 15 rings (SSSR count). The van der Waals surface area contributed by atoms with Crippen molar-refractivity contribution in [1.82, 2.24) is 0 Å². The first-order chi connectivity index (χ1) is 17.2. The summed E-state index contributed by atoms with van der Waals surface area (Å²) in [6.07, 6.45) is 37.4. The summed E-state index contributed by atoms with van der Waals surface area (Å²) in [7, 11) is 0. The molecule has 0 amide bonds. The highest BCUT2D eigenvalue weighted by Crippen LogP contribution is 3.08. The van der Waals surface area contributed by atoms with Crippen LogP contribution in [0.5, 0.6) is 0 Å². The topological polar surface area (TPSA) is 0 Å². The molecule has 1 fully saturated rings. The second-order valence-corrected chi connectivity index (χ2v) is 13.6. The average molecular weight is 434 g/mol. The van der Waals surface area contributed by atoms with Crippen LogP contribution in [0.1, 0.15) is 0 Å². The first kappa shape index (κ1) is 14.0. The molecule has 35 heavy (non-hydrogen) atoms. The van der Waals surface area contributed by atoms with Gasteiger partial charge >= 0.3 is 0 Å². The zero-order valence-corrected chi connectivity index (χ0v) is 18.6. The lowest BCUT2D eigenvalue weighted by molar-refractivity contribution is 0.0451. The zero-order valence-electron chi connectivity index (χ0n) is 18.6. The van der Waals surface area contributed by atoms with Gasteiger partial charge in [0.1, 0.15) is 0 Å². The summed E-state index contributed by atoms with van der Waals surface area (Å²) in [5.74, 6) is 0. The Morgan fingerprint density at radius 1 is 0.171 bits per heavy atom. The van der Waals surface area contributed by atoms with E-state index < -0.39 is 0 Å². The molecule has 0 heterocycles. The summed E-state index contributed by atoms with van der Waals surface area (Å²) in [6, 6.07) is 0. The fourth-order valence-corrected chi connectivity index (χ4v) is 15.2. The number of hydrogen-bond donors (Lipinski definition) is 0. The van der Waals surface area contributed by atoms with Gasteiger partial charge in [0, 0.05) is 0 Å². The van der Waals surface area contributed by atoms with Crippen LogP contribution in [0.2, 0.25) is 0 Å². The van der Waals surface area contributed by atoms with Gasteiger partial charge in [-0.25, -0.2) is 0 Å². The van der Waals surface area contributed by atoms with Gasteiger partial charge in [0.2, 0.25) is 0 Å². The highest BCUT2D eigenvalue weighted by molar-refractivity contribution is 6.01. The molecule has 1 saturated carbocycles. The Bertz CT molecular complexity index is 1520. The summed E-state index contributed by atoms with van der Waals surface area (Å²) in [6.45, 7) is 0. The van der Waals surface area contributed by atoms with Gasteiger partial charge in [-0.05, 0) is 78.0 Å². The fourth-order valence-electron chi connectivity index (χ4n) is 15.2. The highest BCUT2D eigenvalue weighted by atomic mass is 15.0. The van der Waals surface area contributed by atoms with Gasteiger partial charge in [0.05, 0.1) is 37.9 Å². The maximum atomic E-state index is 2.67. The predicted molar refractivity (Wildman–Crippen MR) is 130 cm³/mol. The van der Waals surface area contributed by atoms with Crippen LogP contribution < -0.4 is 0 Å². The lowest BCUT2D eigenvalue weighted by Crippen LogP contribution is -2.56. The quantitative estimate of drug-likeness (QED) is 0.434. The van der Waals surface area contributed by atoms with E-state index >= 15 is 0 Å². The second-order valence-electron chi connectivity index (χ2n) is 13.6. The van der Waals surface area contributed by atoms with Crippen LogP contribution in [-0.2, 0) is 0 Å². The van der Waals surface area contributed by atoms with Crippen molar-refractivity contribution in [2.24, 2.45) is 37.9 Å². The van der Waals surface area contributed by atoms with Gasteiger partial charge in [-0.15, -0.1) is 0 Å². The third kappa shape index (κ3) is 0.614. The summed E-state index contributed by atoms with van der Waals surface area (Å²) in [5, 5.41) is 0. The van der Waals surface area contributed by atoms with Gasteiger partial charge in [-0.2, -0.15) is 0 Å². The van der Waals surface area contributed by atoms with Crippen molar-refractivity contribution in [3.63, 3.8) is 0 Å². The molecule has 0 heteroatoms. The first-order valence-electron chi connectivity index (χ1n) is 13.3. The lowest BCUT2D eigenvalue weighted by atomic mass is 9.41. The van der Waals surface area contributed by atoms with Crippen molar-refractivity contribution in [2.45, 2.75) is 0 Å². The minimum absolute atomic E-state index is 0.00315. The smallest absolute Gasteiger partial charge is 0.0502 e. The van der Waals surface area contributed by atoms with Gasteiger partial charge in [0.15, 0.2) is 0 Å². The maximum Gasteiger partial charge on any atom is 0.0502 e. The zero-order chi connectivity index (χ0) is 21.5. The largest absolute Gasteiger partial charge is 0.0538 e. The van der Waals surface area contributed by atoms with Crippen LogP contribution in [-0.4, -0.2) is 0 Å². The minimum Gasteiger partial charge on any atom is -0.0538 e. The van der Waals surface area contributed by atoms with Crippen LogP contribution >= 0.6 is 0 Å². The molecule has 0 aromatic rings. The van der Waals surface area contributed by atoms with Crippen molar-refractivity contribution in [1.29, 1.82) is 0 Å². The molecule has 7 spiro atoms. The van der Waals surface area contributed by atoms with Crippen LogP contribution in [0, 0.1) is 37.9 Å². The Balaban J connectivity index is 1.42. The molecule has 15 aliphatic rings. The Kier molecular flexibility index (Phi) is 1.18. The van der Waals surface area contributed by atoms with E-state index in [1.54, 1.807) is 78.0 Å². The van der Waals surface area contributed by atoms with E-state index in [1.165, 1.54) is 0 Å². The Morgan fingerprint density at radius 2 is 0.257 bits per heavy atom. The molecule has 0 unspecified atom stereocenters. The van der Waals surface area contributed by atoms with Crippen LogP contribution in [0.15, 0.2) is 163 Å². The van der Waals surface area contributed by atoms with Crippen LogP contribution in [0.25, 0.3) is 0 Å². The molecule has 0 N–H and O–H groups in total. The Hall–Kier alpha value is -3.64. The average Bonchev–Trinajstić information content (AvgIpc) is 3.62. The van der Waals surface area contributed by atoms with Crippen LogP contribution in [0.4, 0.5) is 0 Å². The molecule has 0 atom stereocenters. The second kappa shape index (κ2) is 2.94. The monoisotopic (exact) mass is 434 g/mol. The van der Waals surface area contributed by atoms with Crippen LogP contribution in [0.3, 0.4) is 0 Å². The molecule has 0 nitrogen and oxygen atoms in total. The minimum atomic E-state index is 0.00315. The van der Waals surface area contributed by atoms with Gasteiger partial charge in [-0.3, -0.25) is 0 Å². The molecular weight excluding hydrogens is 420 g/mol. The van der Waals surface area contributed by atoms with E-state index in [1.807, 2.05) is 0 Å². The number of hydrogen-bond acceptors (Lipinski definition) is 0. The SMILES string of the molecule is C1=C2C=C3C=C4C=C5C=C6C=C7C=C1C18C9=CC%10=CC%11=CC%12=CC%13=CC%14=CC(=C9)C21C3%14C4%13C5%12C6%11C7%108. The molecule has 0 radical (unpaired) electrons. The third-order valence-electron chi connectivity index (χ3n) is 14.4. The Morgan fingerprint density at radius 3 is 0.343 bits per heavy atom. The summed E-state index contributed by atoms with van der Waals surface area (Å²) < 4.78 is 0. The van der Waals surface area contributed by atoms with E-state index in [-0.39, 0.29) is 37.9 Å². The molecule has 15 aliphatic carbocycles. The molecular formula is C35H14. The van der Waals surface area contributed by atoms with E-state index in [0.29, 0.717) is 0 Å². The van der Waals surface area contributed by atoms with E-state index in [0.717, 1.165) is 0 Å². The van der Waals surface area contributed by atoms with Crippen molar-refractivity contribution >= 4 is 0 Å². The third-order valence-corrected chi connectivity index (χ3v) is 14.4. The standard InChI is InChI=1S/C35H14/c1-15-2-17-4-23-11-27-12-24-5-18-3-16(1)30-20-6-19-7-21-9-25-13-28-14-26-10-22(8-20)32(18,30)34(24,26)35(27,28)33(23,25)31(17,21)29(15,19)30/h1-14H. The van der Waals surface area contributed by atoms with Gasteiger partial charge < -0.3 is 0 Å². The highest BCUT2D eigenvalue weighted by Gasteiger charge is 3.03. The van der Waals surface area contributed by atoms with E-state index in [9.17, 15) is 0 Å². The molecule has 0 saturated heterocycles. The van der Waals surface area contributed by atoms with Gasteiger partial charge in [0.25, 0.3) is 0 Å². The fraction of sp³-hybridized carbons (Fsp3) is 0.200.